The normalized spacial score (nSPS) is 19.6. The lowest BCUT2D eigenvalue weighted by atomic mass is 10.00. The SMILES string of the molecule is COc1ncc(C(=O)N[C@@H](C)C2CC2)c(N2CC[C@H](N)C2)c1-c1cc(F)cc(F)c1. The van der Waals surface area contributed by atoms with Crippen molar-refractivity contribution in [3.63, 3.8) is 0 Å². The third-order valence-corrected chi connectivity index (χ3v) is 5.83. The molecule has 2 aromatic rings. The number of nitrogens with two attached hydrogens (primary N) is 1. The average Bonchev–Trinajstić information content (AvgIpc) is 3.47. The first-order valence-electron chi connectivity index (χ1n) is 10.2. The van der Waals surface area contributed by atoms with Gasteiger partial charge >= 0.3 is 0 Å². The molecule has 1 aromatic carbocycles. The molecule has 1 aromatic heterocycles. The van der Waals surface area contributed by atoms with Gasteiger partial charge in [-0.05, 0) is 49.8 Å². The van der Waals surface area contributed by atoms with Crippen LogP contribution in [0.5, 0.6) is 5.88 Å². The highest BCUT2D eigenvalue weighted by atomic mass is 19.1. The van der Waals surface area contributed by atoms with E-state index < -0.39 is 11.6 Å². The maximum Gasteiger partial charge on any atom is 0.255 e. The molecule has 2 heterocycles. The molecule has 0 spiro atoms. The van der Waals surface area contributed by atoms with Crippen LogP contribution in [0.25, 0.3) is 11.1 Å². The predicted octanol–water partition coefficient (Wildman–Crippen LogP) is 3.10. The molecule has 0 unspecified atom stereocenters. The number of aromatic nitrogens is 1. The summed E-state index contributed by atoms with van der Waals surface area (Å²) in [5.74, 6) is -1.01. The van der Waals surface area contributed by atoms with Crippen LogP contribution >= 0.6 is 0 Å². The third-order valence-electron chi connectivity index (χ3n) is 5.83. The van der Waals surface area contributed by atoms with E-state index in [9.17, 15) is 13.6 Å². The second-order valence-electron chi connectivity index (χ2n) is 8.16. The Hall–Kier alpha value is -2.74. The maximum atomic E-state index is 14.0. The molecule has 2 atom stereocenters. The number of amides is 1. The van der Waals surface area contributed by atoms with Crippen LogP contribution in [-0.2, 0) is 0 Å². The van der Waals surface area contributed by atoms with Gasteiger partial charge in [0.05, 0.1) is 23.9 Å². The van der Waals surface area contributed by atoms with Gasteiger partial charge < -0.3 is 20.7 Å². The number of nitrogens with zero attached hydrogens (tertiary/aromatic N) is 2. The minimum absolute atomic E-state index is 0.0448. The molecular weight excluding hydrogens is 390 g/mol. The van der Waals surface area contributed by atoms with Crippen LogP contribution in [0.1, 0.15) is 36.5 Å². The third kappa shape index (κ3) is 4.09. The van der Waals surface area contributed by atoms with Gasteiger partial charge in [-0.25, -0.2) is 13.8 Å². The van der Waals surface area contributed by atoms with E-state index in [1.54, 1.807) is 0 Å². The molecule has 30 heavy (non-hydrogen) atoms. The average molecular weight is 416 g/mol. The molecule has 0 radical (unpaired) electrons. The topological polar surface area (TPSA) is 80.5 Å². The molecule has 1 aliphatic heterocycles. The van der Waals surface area contributed by atoms with Gasteiger partial charge in [0.1, 0.15) is 11.6 Å². The van der Waals surface area contributed by atoms with Crippen LogP contribution in [-0.4, -0.2) is 43.2 Å². The summed E-state index contributed by atoms with van der Waals surface area (Å²) < 4.78 is 33.5. The number of methoxy groups -OCH3 is 1. The Morgan fingerprint density at radius 1 is 1.27 bits per heavy atom. The number of nitrogens with one attached hydrogen (secondary N) is 1. The van der Waals surface area contributed by atoms with Crippen LogP contribution in [0.15, 0.2) is 24.4 Å². The fraction of sp³-hybridized carbons (Fsp3) is 0.455. The lowest BCUT2D eigenvalue weighted by molar-refractivity contribution is 0.0936. The zero-order valence-electron chi connectivity index (χ0n) is 17.1. The van der Waals surface area contributed by atoms with Gasteiger partial charge in [0.2, 0.25) is 5.88 Å². The van der Waals surface area contributed by atoms with Crippen molar-refractivity contribution in [3.05, 3.63) is 41.6 Å². The fourth-order valence-electron chi connectivity index (χ4n) is 4.08. The summed E-state index contributed by atoms with van der Waals surface area (Å²) in [7, 11) is 1.44. The summed E-state index contributed by atoms with van der Waals surface area (Å²) in [6.07, 6.45) is 4.42. The maximum absolute atomic E-state index is 14.0. The smallest absolute Gasteiger partial charge is 0.255 e. The summed E-state index contributed by atoms with van der Waals surface area (Å²) in [5.41, 5.74) is 7.65. The van der Waals surface area contributed by atoms with Crippen molar-refractivity contribution in [1.82, 2.24) is 10.3 Å². The predicted molar refractivity (Wildman–Crippen MR) is 111 cm³/mol. The zero-order chi connectivity index (χ0) is 21.4. The van der Waals surface area contributed by atoms with E-state index in [-0.39, 0.29) is 29.4 Å². The Kier molecular flexibility index (Phi) is 5.60. The first-order valence-corrected chi connectivity index (χ1v) is 10.2. The minimum atomic E-state index is -0.715. The molecule has 0 bridgehead atoms. The summed E-state index contributed by atoms with van der Waals surface area (Å²) in [5, 5.41) is 3.05. The Morgan fingerprint density at radius 3 is 2.53 bits per heavy atom. The van der Waals surface area contributed by atoms with Crippen molar-refractivity contribution in [1.29, 1.82) is 0 Å². The molecule has 4 rings (SSSR count). The van der Waals surface area contributed by atoms with Gasteiger partial charge in [-0.2, -0.15) is 0 Å². The van der Waals surface area contributed by atoms with Crippen LogP contribution in [0.2, 0.25) is 0 Å². The van der Waals surface area contributed by atoms with Crippen molar-refractivity contribution in [2.45, 2.75) is 38.3 Å². The number of rotatable bonds is 6. The molecule has 1 saturated heterocycles. The van der Waals surface area contributed by atoms with Crippen molar-refractivity contribution < 1.29 is 18.3 Å². The van der Waals surface area contributed by atoms with Crippen LogP contribution < -0.4 is 20.7 Å². The number of carbonyl (C=O) groups is 1. The van der Waals surface area contributed by atoms with Gasteiger partial charge in [0.25, 0.3) is 5.91 Å². The molecule has 6 nitrogen and oxygen atoms in total. The molecule has 1 amide bonds. The van der Waals surface area contributed by atoms with E-state index in [0.29, 0.717) is 35.8 Å². The number of hydrogen-bond donors (Lipinski definition) is 2. The minimum Gasteiger partial charge on any atom is -0.480 e. The molecule has 1 saturated carbocycles. The summed E-state index contributed by atoms with van der Waals surface area (Å²) in [6.45, 7) is 3.13. The highest BCUT2D eigenvalue weighted by Crippen LogP contribution is 2.42. The standard InChI is InChI=1S/C22H26F2N4O2/c1-12(13-3-4-13)27-21(29)18-10-26-22(30-2)19(14-7-15(23)9-16(24)8-14)20(18)28-6-5-17(25)11-28/h7-10,12-13,17H,3-6,11,25H2,1-2H3,(H,27,29)/t12-,17-/m0/s1. The number of halogens is 2. The molecule has 160 valence electrons. The highest BCUT2D eigenvalue weighted by Gasteiger charge is 2.33. The van der Waals surface area contributed by atoms with Crippen LogP contribution in [0, 0.1) is 17.6 Å². The fourth-order valence-corrected chi connectivity index (χ4v) is 4.08. The number of hydrogen-bond acceptors (Lipinski definition) is 5. The van der Waals surface area contributed by atoms with E-state index >= 15 is 0 Å². The van der Waals surface area contributed by atoms with Gasteiger partial charge in [-0.15, -0.1) is 0 Å². The number of pyridine rings is 1. The Balaban J connectivity index is 1.86. The second-order valence-corrected chi connectivity index (χ2v) is 8.16. The molecule has 3 N–H and O–H groups in total. The Labute approximate surface area is 174 Å². The number of ether oxygens (including phenoxy) is 1. The number of anilines is 1. The van der Waals surface area contributed by atoms with E-state index in [1.165, 1.54) is 25.4 Å². The van der Waals surface area contributed by atoms with E-state index in [1.807, 2.05) is 11.8 Å². The van der Waals surface area contributed by atoms with Crippen LogP contribution in [0.3, 0.4) is 0 Å². The lowest BCUT2D eigenvalue weighted by Gasteiger charge is -2.26. The molecule has 2 fully saturated rings. The zero-order valence-corrected chi connectivity index (χ0v) is 17.1. The van der Waals surface area contributed by atoms with Crippen LogP contribution in [0.4, 0.5) is 14.5 Å². The van der Waals surface area contributed by atoms with Gasteiger partial charge in [0.15, 0.2) is 0 Å². The summed E-state index contributed by atoms with van der Waals surface area (Å²) in [6, 6.07) is 3.24. The highest BCUT2D eigenvalue weighted by molar-refractivity contribution is 6.04. The van der Waals surface area contributed by atoms with Crippen molar-refractivity contribution in [2.75, 3.05) is 25.1 Å². The van der Waals surface area contributed by atoms with E-state index in [0.717, 1.165) is 25.3 Å². The monoisotopic (exact) mass is 416 g/mol. The van der Waals surface area contributed by atoms with Gasteiger partial charge in [-0.3, -0.25) is 4.79 Å². The molecule has 1 aliphatic carbocycles. The largest absolute Gasteiger partial charge is 0.480 e. The lowest BCUT2D eigenvalue weighted by Crippen LogP contribution is -2.36. The molecule has 8 heteroatoms. The first-order chi connectivity index (χ1) is 14.4. The first kappa shape index (κ1) is 20.5. The second kappa shape index (κ2) is 8.18. The number of carbonyl (C=O) groups excluding carboxylic acids is 1. The summed E-state index contributed by atoms with van der Waals surface area (Å²) >= 11 is 0. The van der Waals surface area contributed by atoms with E-state index in [4.69, 9.17) is 10.5 Å². The molecule has 2 aliphatic rings. The van der Waals surface area contributed by atoms with Gasteiger partial charge in [0, 0.05) is 37.4 Å². The van der Waals surface area contributed by atoms with Gasteiger partial charge in [-0.1, -0.05) is 0 Å². The van der Waals surface area contributed by atoms with Crippen molar-refractivity contribution in [3.8, 4) is 17.0 Å². The van der Waals surface area contributed by atoms with Crippen molar-refractivity contribution in [2.24, 2.45) is 11.7 Å². The van der Waals surface area contributed by atoms with Crippen molar-refractivity contribution >= 4 is 11.6 Å². The van der Waals surface area contributed by atoms with E-state index in [2.05, 4.69) is 10.3 Å². The quantitative estimate of drug-likeness (QED) is 0.756. The summed E-state index contributed by atoms with van der Waals surface area (Å²) in [4.78, 5) is 19.4. The number of benzene rings is 1. The molecular formula is C22H26F2N4O2. The Morgan fingerprint density at radius 2 is 1.97 bits per heavy atom. The Bertz CT molecular complexity index is 944.